The van der Waals surface area contributed by atoms with Crippen LogP contribution in [0.4, 0.5) is 5.69 Å². The van der Waals surface area contributed by atoms with Gasteiger partial charge in [-0.1, -0.05) is 78.3 Å². The van der Waals surface area contributed by atoms with Crippen molar-refractivity contribution < 1.29 is 4.79 Å². The molecular weight excluding hydrogens is 454 g/mol. The van der Waals surface area contributed by atoms with Gasteiger partial charge in [0, 0.05) is 27.3 Å². The van der Waals surface area contributed by atoms with Crippen molar-refractivity contribution in [2.24, 2.45) is 0 Å². The summed E-state index contributed by atoms with van der Waals surface area (Å²) < 4.78 is 2.17. The highest BCUT2D eigenvalue weighted by molar-refractivity contribution is 6.30. The van der Waals surface area contributed by atoms with Crippen LogP contribution in [0.3, 0.4) is 0 Å². The largest absolute Gasteiger partial charge is 0.321 e. The van der Waals surface area contributed by atoms with Crippen LogP contribution in [0, 0.1) is 11.3 Å². The van der Waals surface area contributed by atoms with E-state index in [-0.39, 0.29) is 5.57 Å². The normalized spacial score (nSPS) is 11.3. The summed E-state index contributed by atoms with van der Waals surface area (Å²) in [7, 11) is 0. The Morgan fingerprint density at radius 1 is 0.829 bits per heavy atom. The first kappa shape index (κ1) is 22.2. The van der Waals surface area contributed by atoms with Gasteiger partial charge < -0.3 is 9.88 Å². The van der Waals surface area contributed by atoms with E-state index in [4.69, 9.17) is 11.6 Å². The second kappa shape index (κ2) is 9.72. The number of nitrogens with zero attached hydrogens (tertiary/aromatic N) is 2. The number of benzene rings is 4. The third kappa shape index (κ3) is 4.46. The number of nitriles is 1. The number of carbonyl (C=O) groups excluding carboxylic acids is 1. The zero-order chi connectivity index (χ0) is 24.2. The van der Waals surface area contributed by atoms with Crippen LogP contribution in [0.2, 0.25) is 5.02 Å². The van der Waals surface area contributed by atoms with Gasteiger partial charge >= 0.3 is 0 Å². The molecule has 5 heteroatoms. The topological polar surface area (TPSA) is 57.8 Å². The number of carbonyl (C=O) groups is 1. The zero-order valence-electron chi connectivity index (χ0n) is 18.7. The molecule has 0 spiro atoms. The highest BCUT2D eigenvalue weighted by atomic mass is 35.5. The van der Waals surface area contributed by atoms with Gasteiger partial charge in [-0.2, -0.15) is 5.26 Å². The zero-order valence-corrected chi connectivity index (χ0v) is 19.4. The van der Waals surface area contributed by atoms with E-state index < -0.39 is 5.91 Å². The van der Waals surface area contributed by atoms with Gasteiger partial charge in [0.15, 0.2) is 0 Å². The minimum atomic E-state index is -0.481. The molecule has 0 radical (unpaired) electrons. The number of hydrogen-bond acceptors (Lipinski definition) is 2. The minimum Gasteiger partial charge on any atom is -0.321 e. The predicted octanol–water partition coefficient (Wildman–Crippen LogP) is 7.50. The molecule has 35 heavy (non-hydrogen) atoms. The third-order valence-corrected chi connectivity index (χ3v) is 5.98. The summed E-state index contributed by atoms with van der Waals surface area (Å²) in [5.74, 6) is -0.481. The molecule has 1 heterocycles. The molecule has 0 unspecified atom stereocenters. The molecule has 5 aromatic rings. The van der Waals surface area contributed by atoms with Crippen molar-refractivity contribution in [3.8, 4) is 23.0 Å². The molecule has 4 aromatic carbocycles. The molecule has 0 saturated heterocycles. The summed E-state index contributed by atoms with van der Waals surface area (Å²) in [6.45, 7) is 0. The van der Waals surface area contributed by atoms with Gasteiger partial charge in [0.1, 0.15) is 11.6 Å². The number of fused-ring (bicyclic) bond motifs is 1. The maximum atomic E-state index is 13.1. The van der Waals surface area contributed by atoms with Crippen LogP contribution >= 0.6 is 11.6 Å². The minimum absolute atomic E-state index is 0.00750. The van der Waals surface area contributed by atoms with Crippen molar-refractivity contribution >= 4 is 40.2 Å². The number of rotatable bonds is 5. The van der Waals surface area contributed by atoms with Gasteiger partial charge in [-0.3, -0.25) is 4.79 Å². The van der Waals surface area contributed by atoms with Gasteiger partial charge in [0.25, 0.3) is 5.91 Å². The van der Waals surface area contributed by atoms with Crippen molar-refractivity contribution in [2.75, 3.05) is 5.32 Å². The molecule has 0 saturated carbocycles. The average molecular weight is 474 g/mol. The van der Waals surface area contributed by atoms with E-state index >= 15 is 0 Å². The van der Waals surface area contributed by atoms with Crippen LogP contribution in [-0.2, 0) is 4.79 Å². The van der Waals surface area contributed by atoms with E-state index in [1.165, 1.54) is 0 Å². The summed E-state index contributed by atoms with van der Waals surface area (Å²) in [5.41, 5.74) is 5.24. The lowest BCUT2D eigenvalue weighted by Gasteiger charge is -2.12. The molecule has 0 aliphatic heterocycles. The Morgan fingerprint density at radius 2 is 1.46 bits per heavy atom. The number of aromatic nitrogens is 1. The predicted molar refractivity (Wildman–Crippen MR) is 142 cm³/mol. The van der Waals surface area contributed by atoms with Crippen molar-refractivity contribution in [1.82, 2.24) is 4.57 Å². The Kier molecular flexibility index (Phi) is 6.17. The third-order valence-electron chi connectivity index (χ3n) is 5.73. The quantitative estimate of drug-likeness (QED) is 0.212. The monoisotopic (exact) mass is 473 g/mol. The molecule has 168 valence electrons. The molecule has 0 bridgehead atoms. The Labute approximate surface area is 208 Å². The van der Waals surface area contributed by atoms with Crippen LogP contribution in [0.1, 0.15) is 5.56 Å². The number of amides is 1. The first-order chi connectivity index (χ1) is 17.2. The smallest absolute Gasteiger partial charge is 0.266 e. The van der Waals surface area contributed by atoms with Gasteiger partial charge in [-0.15, -0.1) is 0 Å². The molecule has 4 nitrogen and oxygen atoms in total. The maximum Gasteiger partial charge on any atom is 0.266 e. The molecule has 0 aliphatic carbocycles. The van der Waals surface area contributed by atoms with E-state index in [1.54, 1.807) is 30.3 Å². The van der Waals surface area contributed by atoms with E-state index in [2.05, 4.69) is 16.0 Å². The maximum absolute atomic E-state index is 13.1. The Morgan fingerprint density at radius 3 is 2.14 bits per heavy atom. The lowest BCUT2D eigenvalue weighted by Crippen LogP contribution is -2.13. The SMILES string of the molecule is N#CC(=Cc1c(-c2ccccc2)n(-c2ccccc2)c2ccccc12)C(=O)Nc1ccc(Cl)cc1. The first-order valence-electron chi connectivity index (χ1n) is 11.1. The number of halogens is 1. The van der Waals surface area contributed by atoms with Crippen molar-refractivity contribution in [2.45, 2.75) is 0 Å². The molecule has 0 aliphatic rings. The molecule has 1 amide bonds. The number of para-hydroxylation sites is 2. The standard InChI is InChI=1S/C30H20ClN3O/c31-23-15-17-24(18-16-23)33-30(35)22(20-32)19-27-26-13-7-8-14-28(26)34(25-11-5-2-6-12-25)29(27)21-9-3-1-4-10-21/h1-19H,(H,33,35). The van der Waals surface area contributed by atoms with E-state index in [1.807, 2.05) is 84.9 Å². The van der Waals surface area contributed by atoms with E-state index in [0.717, 1.165) is 33.4 Å². The van der Waals surface area contributed by atoms with Crippen molar-refractivity contribution in [3.63, 3.8) is 0 Å². The lowest BCUT2D eigenvalue weighted by atomic mass is 10.0. The van der Waals surface area contributed by atoms with Gasteiger partial charge in [0.05, 0.1) is 11.2 Å². The Hall–Kier alpha value is -4.59. The van der Waals surface area contributed by atoms with E-state index in [9.17, 15) is 10.1 Å². The molecule has 1 N–H and O–H groups in total. The summed E-state index contributed by atoms with van der Waals surface area (Å²) in [5, 5.41) is 14.2. The fourth-order valence-electron chi connectivity index (χ4n) is 4.16. The fourth-order valence-corrected chi connectivity index (χ4v) is 4.29. The molecule has 1 aromatic heterocycles. The number of nitrogens with one attached hydrogen (secondary N) is 1. The summed E-state index contributed by atoms with van der Waals surface area (Å²) in [4.78, 5) is 13.1. The first-order valence-corrected chi connectivity index (χ1v) is 11.5. The van der Waals surface area contributed by atoms with Gasteiger partial charge in [0.2, 0.25) is 0 Å². The summed E-state index contributed by atoms with van der Waals surface area (Å²) in [6, 6.07) is 36.9. The van der Waals surface area contributed by atoms with Gasteiger partial charge in [-0.05, 0) is 54.1 Å². The lowest BCUT2D eigenvalue weighted by molar-refractivity contribution is -0.112. The van der Waals surface area contributed by atoms with Crippen LogP contribution in [0.5, 0.6) is 0 Å². The van der Waals surface area contributed by atoms with Crippen LogP contribution < -0.4 is 5.32 Å². The Balaban J connectivity index is 1.72. The van der Waals surface area contributed by atoms with Crippen molar-refractivity contribution in [1.29, 1.82) is 5.26 Å². The second-order valence-electron chi connectivity index (χ2n) is 7.95. The van der Waals surface area contributed by atoms with Crippen LogP contribution in [0.25, 0.3) is 33.9 Å². The van der Waals surface area contributed by atoms with Crippen LogP contribution in [-0.4, -0.2) is 10.5 Å². The number of anilines is 1. The van der Waals surface area contributed by atoms with Crippen LogP contribution in [0.15, 0.2) is 115 Å². The second-order valence-corrected chi connectivity index (χ2v) is 8.38. The molecule has 5 rings (SSSR count). The number of hydrogen-bond donors (Lipinski definition) is 1. The highest BCUT2D eigenvalue weighted by Gasteiger charge is 2.20. The molecular formula is C30H20ClN3O. The van der Waals surface area contributed by atoms with E-state index in [0.29, 0.717) is 10.7 Å². The fraction of sp³-hybridized carbons (Fsp3) is 0. The van der Waals surface area contributed by atoms with Gasteiger partial charge in [-0.25, -0.2) is 0 Å². The Bertz CT molecular complexity index is 1580. The summed E-state index contributed by atoms with van der Waals surface area (Å²) >= 11 is 5.95. The average Bonchev–Trinajstić information content (AvgIpc) is 3.23. The summed E-state index contributed by atoms with van der Waals surface area (Å²) in [6.07, 6.45) is 1.68. The highest BCUT2D eigenvalue weighted by Crippen LogP contribution is 2.37. The molecule has 0 fully saturated rings. The van der Waals surface area contributed by atoms with Crippen molar-refractivity contribution in [3.05, 3.63) is 125 Å². The molecule has 0 atom stereocenters.